The average molecular weight is 355 g/mol. The van der Waals surface area contributed by atoms with Crippen molar-refractivity contribution in [3.05, 3.63) is 58.9 Å². The van der Waals surface area contributed by atoms with Crippen LogP contribution in [0, 0.1) is 19.7 Å². The van der Waals surface area contributed by atoms with Crippen LogP contribution in [0.2, 0.25) is 0 Å². The first-order chi connectivity index (χ1) is 12.5. The molecule has 0 radical (unpaired) electrons. The van der Waals surface area contributed by atoms with Gasteiger partial charge in [-0.05, 0) is 43.7 Å². The zero-order chi connectivity index (χ0) is 18.3. The Morgan fingerprint density at radius 3 is 2.96 bits per heavy atom. The first-order valence-corrected chi connectivity index (χ1v) is 8.37. The predicted molar refractivity (Wildman–Crippen MR) is 91.3 cm³/mol. The van der Waals surface area contributed by atoms with E-state index in [2.05, 4.69) is 15.1 Å². The predicted octanol–water partition coefficient (Wildman–Crippen LogP) is 2.09. The van der Waals surface area contributed by atoms with E-state index in [9.17, 15) is 9.18 Å². The van der Waals surface area contributed by atoms with Crippen molar-refractivity contribution in [3.8, 4) is 0 Å². The maximum atomic E-state index is 13.5. The lowest BCUT2D eigenvalue weighted by atomic mass is 10.1. The molecule has 1 aliphatic rings. The van der Waals surface area contributed by atoms with Gasteiger partial charge in [-0.3, -0.25) is 4.79 Å². The van der Waals surface area contributed by atoms with Gasteiger partial charge in [0.05, 0.1) is 18.8 Å². The van der Waals surface area contributed by atoms with Gasteiger partial charge in [0.15, 0.2) is 0 Å². The summed E-state index contributed by atoms with van der Waals surface area (Å²) in [5.74, 6) is 0.0467. The number of aryl methyl sites for hydroxylation is 2. The first kappa shape index (κ1) is 16.6. The molecular formula is C18H18FN5O2. The Morgan fingerprint density at radius 1 is 1.31 bits per heavy atom. The number of nitrogens with zero attached hydrogens (tertiary/aromatic N) is 5. The number of rotatable bonds is 2. The van der Waals surface area contributed by atoms with E-state index in [0.29, 0.717) is 36.6 Å². The second kappa shape index (κ2) is 6.45. The molecule has 2 aromatic heterocycles. The minimum atomic E-state index is -0.333. The molecule has 0 aliphatic carbocycles. The second-order valence-corrected chi connectivity index (χ2v) is 6.37. The summed E-state index contributed by atoms with van der Waals surface area (Å²) in [7, 11) is 0. The standard InChI is InChI=1S/C18H18FN5O2/c1-11-7-13(3-4-14(11)19)17(25)23-5-6-26-16(9-23)15-8-12(2)22-18-20-10-21-24(15)18/h3-4,7-8,10,16H,5-6,9H2,1-2H3. The maximum Gasteiger partial charge on any atom is 0.254 e. The number of halogens is 1. The molecule has 1 aromatic carbocycles. The van der Waals surface area contributed by atoms with E-state index in [1.54, 1.807) is 22.4 Å². The highest BCUT2D eigenvalue weighted by atomic mass is 19.1. The summed E-state index contributed by atoms with van der Waals surface area (Å²) in [6.07, 6.45) is 1.11. The van der Waals surface area contributed by atoms with Crippen molar-refractivity contribution < 1.29 is 13.9 Å². The smallest absolute Gasteiger partial charge is 0.254 e. The van der Waals surface area contributed by atoms with Crippen LogP contribution in [-0.4, -0.2) is 50.1 Å². The van der Waals surface area contributed by atoms with Gasteiger partial charge in [-0.1, -0.05) is 0 Å². The number of amides is 1. The van der Waals surface area contributed by atoms with E-state index in [4.69, 9.17) is 4.74 Å². The number of benzene rings is 1. The van der Waals surface area contributed by atoms with Crippen LogP contribution in [0.4, 0.5) is 4.39 Å². The molecule has 1 atom stereocenters. The normalized spacial score (nSPS) is 17.7. The molecule has 1 saturated heterocycles. The second-order valence-electron chi connectivity index (χ2n) is 6.37. The fraction of sp³-hybridized carbons (Fsp3) is 0.333. The summed E-state index contributed by atoms with van der Waals surface area (Å²) in [5.41, 5.74) is 2.54. The molecule has 0 bridgehead atoms. The Labute approximate surface area is 149 Å². The average Bonchev–Trinajstić information content (AvgIpc) is 3.11. The van der Waals surface area contributed by atoms with E-state index in [-0.39, 0.29) is 17.8 Å². The molecule has 1 unspecified atom stereocenters. The SMILES string of the molecule is Cc1cc(C2CN(C(=O)c3ccc(F)c(C)c3)CCO2)n2ncnc2n1. The van der Waals surface area contributed by atoms with Gasteiger partial charge in [0.25, 0.3) is 11.7 Å². The number of fused-ring (bicyclic) bond motifs is 1. The zero-order valence-electron chi connectivity index (χ0n) is 14.5. The third kappa shape index (κ3) is 2.92. The molecule has 7 nitrogen and oxygen atoms in total. The number of hydrogen-bond acceptors (Lipinski definition) is 5. The summed E-state index contributed by atoms with van der Waals surface area (Å²) in [4.78, 5) is 23.0. The third-order valence-electron chi connectivity index (χ3n) is 4.50. The van der Waals surface area contributed by atoms with Crippen LogP contribution in [-0.2, 0) is 4.74 Å². The van der Waals surface area contributed by atoms with Crippen molar-refractivity contribution in [1.29, 1.82) is 0 Å². The van der Waals surface area contributed by atoms with Crippen LogP contribution >= 0.6 is 0 Å². The molecule has 1 amide bonds. The summed E-state index contributed by atoms with van der Waals surface area (Å²) in [5, 5.41) is 4.20. The van der Waals surface area contributed by atoms with E-state index in [1.807, 2.05) is 13.0 Å². The molecule has 0 spiro atoms. The Bertz CT molecular complexity index is 987. The lowest BCUT2D eigenvalue weighted by molar-refractivity contribution is -0.0257. The lowest BCUT2D eigenvalue weighted by Crippen LogP contribution is -2.42. The summed E-state index contributed by atoms with van der Waals surface area (Å²) < 4.78 is 21.0. The minimum absolute atomic E-state index is 0.137. The van der Waals surface area contributed by atoms with Gasteiger partial charge in [0, 0.05) is 17.8 Å². The molecule has 3 aromatic rings. The van der Waals surface area contributed by atoms with Gasteiger partial charge < -0.3 is 9.64 Å². The Morgan fingerprint density at radius 2 is 2.15 bits per heavy atom. The summed E-state index contributed by atoms with van der Waals surface area (Å²) in [6.45, 7) is 4.80. The number of hydrogen-bond donors (Lipinski definition) is 0. The molecule has 0 saturated carbocycles. The van der Waals surface area contributed by atoms with Crippen LogP contribution in [0.25, 0.3) is 5.78 Å². The third-order valence-corrected chi connectivity index (χ3v) is 4.50. The molecule has 134 valence electrons. The van der Waals surface area contributed by atoms with Gasteiger partial charge >= 0.3 is 0 Å². The van der Waals surface area contributed by atoms with Crippen LogP contribution in [0.15, 0.2) is 30.6 Å². The summed E-state index contributed by atoms with van der Waals surface area (Å²) in [6, 6.07) is 6.31. The fourth-order valence-electron chi connectivity index (χ4n) is 3.16. The van der Waals surface area contributed by atoms with Crippen LogP contribution in [0.5, 0.6) is 0 Å². The van der Waals surface area contributed by atoms with E-state index >= 15 is 0 Å². The van der Waals surface area contributed by atoms with Crippen molar-refractivity contribution in [2.24, 2.45) is 0 Å². The van der Waals surface area contributed by atoms with E-state index in [1.165, 1.54) is 18.5 Å². The largest absolute Gasteiger partial charge is 0.368 e. The number of aromatic nitrogens is 4. The number of ether oxygens (including phenoxy) is 1. The van der Waals surface area contributed by atoms with E-state index in [0.717, 1.165) is 11.4 Å². The highest BCUT2D eigenvalue weighted by Crippen LogP contribution is 2.24. The van der Waals surface area contributed by atoms with Crippen molar-refractivity contribution in [3.63, 3.8) is 0 Å². The van der Waals surface area contributed by atoms with Crippen LogP contribution in [0.3, 0.4) is 0 Å². The van der Waals surface area contributed by atoms with Crippen molar-refractivity contribution in [1.82, 2.24) is 24.5 Å². The minimum Gasteiger partial charge on any atom is -0.368 e. The Hall–Kier alpha value is -2.87. The topological polar surface area (TPSA) is 72.6 Å². The highest BCUT2D eigenvalue weighted by Gasteiger charge is 2.28. The molecule has 0 N–H and O–H groups in total. The molecule has 8 heteroatoms. The van der Waals surface area contributed by atoms with Gasteiger partial charge in [-0.25, -0.2) is 9.37 Å². The monoisotopic (exact) mass is 355 g/mol. The Kier molecular flexibility index (Phi) is 4.12. The van der Waals surface area contributed by atoms with Crippen molar-refractivity contribution in [2.75, 3.05) is 19.7 Å². The van der Waals surface area contributed by atoms with Gasteiger partial charge in [-0.15, -0.1) is 0 Å². The molecule has 26 heavy (non-hydrogen) atoms. The quantitative estimate of drug-likeness (QED) is 0.704. The fourth-order valence-corrected chi connectivity index (χ4v) is 3.16. The van der Waals surface area contributed by atoms with E-state index < -0.39 is 0 Å². The van der Waals surface area contributed by atoms with Crippen LogP contribution in [0.1, 0.15) is 33.4 Å². The lowest BCUT2D eigenvalue weighted by Gasteiger charge is -2.33. The zero-order valence-corrected chi connectivity index (χ0v) is 14.5. The maximum absolute atomic E-state index is 13.5. The molecule has 4 rings (SSSR count). The van der Waals surface area contributed by atoms with Gasteiger partial charge in [-0.2, -0.15) is 14.6 Å². The first-order valence-electron chi connectivity index (χ1n) is 8.37. The Balaban J connectivity index is 1.62. The molecule has 1 fully saturated rings. The molecule has 1 aliphatic heterocycles. The number of morpholine rings is 1. The molecular weight excluding hydrogens is 337 g/mol. The number of carbonyl (C=O) groups excluding carboxylic acids is 1. The van der Waals surface area contributed by atoms with Crippen molar-refractivity contribution in [2.45, 2.75) is 20.0 Å². The van der Waals surface area contributed by atoms with Crippen molar-refractivity contribution >= 4 is 11.7 Å². The number of carbonyl (C=O) groups is 1. The van der Waals surface area contributed by atoms with Gasteiger partial charge in [0.2, 0.25) is 0 Å². The summed E-state index contributed by atoms with van der Waals surface area (Å²) >= 11 is 0. The molecule has 3 heterocycles. The highest BCUT2D eigenvalue weighted by molar-refractivity contribution is 5.94. The van der Waals surface area contributed by atoms with Gasteiger partial charge in [0.1, 0.15) is 18.2 Å². The van der Waals surface area contributed by atoms with Crippen LogP contribution < -0.4 is 0 Å².